The molecule has 0 aromatic heterocycles. The number of rotatable bonds is 6. The maximum atomic E-state index is 11.7. The number of hydrogen-bond acceptors (Lipinski definition) is 3. The first-order chi connectivity index (χ1) is 7.15. The van der Waals surface area contributed by atoms with Crippen LogP contribution in [0.2, 0.25) is 0 Å². The van der Waals surface area contributed by atoms with Crippen LogP contribution in [0.4, 0.5) is 0 Å². The Bertz CT molecular complexity index is 224. The van der Waals surface area contributed by atoms with E-state index in [0.29, 0.717) is 6.54 Å². The highest BCUT2D eigenvalue weighted by Gasteiger charge is 2.22. The number of amides is 1. The fourth-order valence-electron chi connectivity index (χ4n) is 1.66. The van der Waals surface area contributed by atoms with Gasteiger partial charge in [0.05, 0.1) is 6.04 Å². The predicted molar refractivity (Wildman–Crippen MR) is 68.2 cm³/mol. The van der Waals surface area contributed by atoms with Gasteiger partial charge in [-0.1, -0.05) is 27.7 Å². The number of nitrogens with zero attached hydrogens (tertiary/aromatic N) is 1. The second-order valence-electron chi connectivity index (χ2n) is 5.89. The molecule has 0 heterocycles. The van der Waals surface area contributed by atoms with Crippen molar-refractivity contribution in [3.05, 3.63) is 0 Å². The molecule has 0 aromatic rings. The summed E-state index contributed by atoms with van der Waals surface area (Å²) in [7, 11) is 4.06. The Hall–Kier alpha value is -0.610. The van der Waals surface area contributed by atoms with Gasteiger partial charge in [-0.05, 0) is 25.4 Å². The Balaban J connectivity index is 4.09. The summed E-state index contributed by atoms with van der Waals surface area (Å²) in [5.41, 5.74) is 5.83. The second-order valence-corrected chi connectivity index (χ2v) is 5.89. The van der Waals surface area contributed by atoms with Crippen LogP contribution in [0.25, 0.3) is 0 Å². The molecule has 16 heavy (non-hydrogen) atoms. The minimum absolute atomic E-state index is 0.0539. The van der Waals surface area contributed by atoms with E-state index in [4.69, 9.17) is 5.73 Å². The highest BCUT2D eigenvalue weighted by atomic mass is 16.2. The van der Waals surface area contributed by atoms with Crippen molar-refractivity contribution in [3.8, 4) is 0 Å². The van der Waals surface area contributed by atoms with Gasteiger partial charge in [0.1, 0.15) is 0 Å². The van der Waals surface area contributed by atoms with E-state index in [0.717, 1.165) is 6.54 Å². The summed E-state index contributed by atoms with van der Waals surface area (Å²) in [5.74, 6) is 0.124. The minimum atomic E-state index is -0.407. The number of nitrogens with two attached hydrogens (primary N) is 1. The van der Waals surface area contributed by atoms with Gasteiger partial charge >= 0.3 is 0 Å². The van der Waals surface area contributed by atoms with Crippen molar-refractivity contribution in [2.45, 2.75) is 33.7 Å². The van der Waals surface area contributed by atoms with Gasteiger partial charge < -0.3 is 16.0 Å². The summed E-state index contributed by atoms with van der Waals surface area (Å²) in [6.45, 7) is 9.77. The molecule has 0 aliphatic heterocycles. The Labute approximate surface area is 99.6 Å². The van der Waals surface area contributed by atoms with Crippen LogP contribution in [0.3, 0.4) is 0 Å². The highest BCUT2D eigenvalue weighted by Crippen LogP contribution is 2.14. The van der Waals surface area contributed by atoms with Crippen LogP contribution < -0.4 is 11.1 Å². The number of carbonyl (C=O) groups excluding carboxylic acids is 1. The Morgan fingerprint density at radius 3 is 2.25 bits per heavy atom. The summed E-state index contributed by atoms with van der Waals surface area (Å²) in [6, 6.07) is -0.407. The first kappa shape index (κ1) is 15.4. The molecule has 0 aromatic carbocycles. The number of carbonyl (C=O) groups is 1. The van der Waals surface area contributed by atoms with E-state index < -0.39 is 6.04 Å². The first-order valence-electron chi connectivity index (χ1n) is 5.84. The van der Waals surface area contributed by atoms with Crippen LogP contribution >= 0.6 is 0 Å². The quantitative estimate of drug-likeness (QED) is 0.704. The maximum absolute atomic E-state index is 11.7. The lowest BCUT2D eigenvalue weighted by Gasteiger charge is -2.29. The summed E-state index contributed by atoms with van der Waals surface area (Å²) in [4.78, 5) is 13.8. The maximum Gasteiger partial charge on any atom is 0.237 e. The molecule has 0 saturated carbocycles. The Kier molecular flexibility index (Phi) is 5.97. The lowest BCUT2D eigenvalue weighted by atomic mass is 9.92. The summed E-state index contributed by atoms with van der Waals surface area (Å²) < 4.78 is 0. The van der Waals surface area contributed by atoms with Crippen molar-refractivity contribution in [1.29, 1.82) is 0 Å². The molecule has 96 valence electrons. The normalized spacial score (nSPS) is 14.3. The second kappa shape index (κ2) is 6.21. The molecule has 0 radical (unpaired) electrons. The Morgan fingerprint density at radius 2 is 1.88 bits per heavy atom. The van der Waals surface area contributed by atoms with Crippen LogP contribution in [-0.4, -0.2) is 44.0 Å². The molecule has 0 rings (SSSR count). The van der Waals surface area contributed by atoms with Gasteiger partial charge in [0.15, 0.2) is 0 Å². The number of nitrogens with one attached hydrogen (secondary N) is 1. The smallest absolute Gasteiger partial charge is 0.237 e. The van der Waals surface area contributed by atoms with Crippen LogP contribution in [0, 0.1) is 11.3 Å². The fraction of sp³-hybridized carbons (Fsp3) is 0.917. The molecule has 0 spiro atoms. The monoisotopic (exact) mass is 229 g/mol. The van der Waals surface area contributed by atoms with E-state index in [-0.39, 0.29) is 17.2 Å². The van der Waals surface area contributed by atoms with Crippen molar-refractivity contribution in [1.82, 2.24) is 10.2 Å². The van der Waals surface area contributed by atoms with E-state index in [1.54, 1.807) is 0 Å². The van der Waals surface area contributed by atoms with Gasteiger partial charge in [0, 0.05) is 13.1 Å². The molecular weight excluding hydrogens is 202 g/mol. The number of hydrogen-bond donors (Lipinski definition) is 2. The van der Waals surface area contributed by atoms with E-state index >= 15 is 0 Å². The third-order valence-corrected chi connectivity index (χ3v) is 2.51. The average Bonchev–Trinajstić information content (AvgIpc) is 2.10. The topological polar surface area (TPSA) is 58.4 Å². The third-order valence-electron chi connectivity index (χ3n) is 2.51. The summed E-state index contributed by atoms with van der Waals surface area (Å²) in [6.07, 6.45) is 0. The van der Waals surface area contributed by atoms with Gasteiger partial charge in [-0.3, -0.25) is 4.79 Å². The zero-order valence-corrected chi connectivity index (χ0v) is 11.5. The summed E-state index contributed by atoms with van der Waals surface area (Å²) in [5, 5.41) is 2.92. The van der Waals surface area contributed by atoms with Gasteiger partial charge in [0.2, 0.25) is 5.91 Å². The molecule has 0 fully saturated rings. The van der Waals surface area contributed by atoms with E-state index in [1.165, 1.54) is 0 Å². The largest absolute Gasteiger partial charge is 0.354 e. The first-order valence-corrected chi connectivity index (χ1v) is 5.84. The molecule has 0 unspecified atom stereocenters. The Morgan fingerprint density at radius 1 is 1.38 bits per heavy atom. The SMILES string of the molecule is CC(C)[C@@H](N)C(=O)NCC(C)(C)CN(C)C. The zero-order chi connectivity index (χ0) is 12.9. The average molecular weight is 229 g/mol. The van der Waals surface area contributed by atoms with Gasteiger partial charge in [-0.2, -0.15) is 0 Å². The molecule has 4 heteroatoms. The van der Waals surface area contributed by atoms with Crippen LogP contribution in [0.15, 0.2) is 0 Å². The van der Waals surface area contributed by atoms with Crippen molar-refractivity contribution < 1.29 is 4.79 Å². The standard InChI is InChI=1S/C12H27N3O/c1-9(2)10(13)11(16)14-7-12(3,4)8-15(5)6/h9-10H,7-8,13H2,1-6H3,(H,14,16)/t10-/m1/s1. The molecule has 0 saturated heterocycles. The predicted octanol–water partition coefficient (Wildman–Crippen LogP) is 0.674. The van der Waals surface area contributed by atoms with Gasteiger partial charge in [-0.25, -0.2) is 0 Å². The van der Waals surface area contributed by atoms with Crippen LogP contribution in [0.5, 0.6) is 0 Å². The molecule has 0 aliphatic carbocycles. The van der Waals surface area contributed by atoms with Crippen molar-refractivity contribution in [2.24, 2.45) is 17.1 Å². The lowest BCUT2D eigenvalue weighted by molar-refractivity contribution is -0.123. The molecule has 0 aliphatic rings. The van der Waals surface area contributed by atoms with E-state index in [2.05, 4.69) is 24.1 Å². The molecular formula is C12H27N3O. The van der Waals surface area contributed by atoms with Crippen LogP contribution in [-0.2, 0) is 4.79 Å². The minimum Gasteiger partial charge on any atom is -0.354 e. The highest BCUT2D eigenvalue weighted by molar-refractivity contribution is 5.81. The van der Waals surface area contributed by atoms with Crippen molar-refractivity contribution in [2.75, 3.05) is 27.2 Å². The molecule has 0 bridgehead atoms. The molecule has 3 N–H and O–H groups in total. The van der Waals surface area contributed by atoms with Crippen molar-refractivity contribution in [3.63, 3.8) is 0 Å². The third kappa shape index (κ3) is 6.08. The zero-order valence-electron chi connectivity index (χ0n) is 11.5. The molecule has 1 atom stereocenters. The van der Waals surface area contributed by atoms with E-state index in [9.17, 15) is 4.79 Å². The molecule has 1 amide bonds. The van der Waals surface area contributed by atoms with Gasteiger partial charge in [0.25, 0.3) is 0 Å². The van der Waals surface area contributed by atoms with Gasteiger partial charge in [-0.15, -0.1) is 0 Å². The van der Waals surface area contributed by atoms with Crippen molar-refractivity contribution >= 4 is 5.91 Å². The summed E-state index contributed by atoms with van der Waals surface area (Å²) >= 11 is 0. The lowest BCUT2D eigenvalue weighted by Crippen LogP contribution is -2.48. The van der Waals surface area contributed by atoms with Crippen LogP contribution in [0.1, 0.15) is 27.7 Å². The van der Waals surface area contributed by atoms with E-state index in [1.807, 2.05) is 27.9 Å². The molecule has 4 nitrogen and oxygen atoms in total. The fourth-order valence-corrected chi connectivity index (χ4v) is 1.66.